The molecule has 5 heteroatoms. The minimum atomic E-state index is -0.520. The molecule has 0 bridgehead atoms. The monoisotopic (exact) mass is 242 g/mol. The van der Waals surface area contributed by atoms with Gasteiger partial charge in [0.15, 0.2) is 0 Å². The standard InChI is InChI=1S/C12H16F2N2O/c1-8(6-15-2)12(17)16-7-9-5-10(13)3-4-11(9)14/h3-5,8,15H,6-7H2,1-2H3,(H,16,17). The van der Waals surface area contributed by atoms with Gasteiger partial charge in [0.05, 0.1) is 0 Å². The summed E-state index contributed by atoms with van der Waals surface area (Å²) in [6, 6.07) is 3.18. The first kappa shape index (κ1) is 13.6. The lowest BCUT2D eigenvalue weighted by Gasteiger charge is -2.11. The summed E-state index contributed by atoms with van der Waals surface area (Å²) in [5.41, 5.74) is 0.148. The van der Waals surface area contributed by atoms with Gasteiger partial charge in [-0.3, -0.25) is 4.79 Å². The number of carbonyl (C=O) groups excluding carboxylic acids is 1. The zero-order valence-electron chi connectivity index (χ0n) is 9.89. The molecule has 1 aromatic carbocycles. The van der Waals surface area contributed by atoms with E-state index in [1.807, 2.05) is 0 Å². The third kappa shape index (κ3) is 4.11. The second-order valence-electron chi connectivity index (χ2n) is 3.91. The minimum absolute atomic E-state index is 0.00349. The Kier molecular flexibility index (Phi) is 5.03. The summed E-state index contributed by atoms with van der Waals surface area (Å²) in [7, 11) is 1.75. The number of nitrogens with one attached hydrogen (secondary N) is 2. The SMILES string of the molecule is CNCC(C)C(=O)NCc1cc(F)ccc1F. The van der Waals surface area contributed by atoms with Crippen molar-refractivity contribution in [3.63, 3.8) is 0 Å². The van der Waals surface area contributed by atoms with E-state index in [0.717, 1.165) is 18.2 Å². The second-order valence-corrected chi connectivity index (χ2v) is 3.91. The molecule has 1 unspecified atom stereocenters. The summed E-state index contributed by atoms with van der Waals surface area (Å²) >= 11 is 0. The second kappa shape index (κ2) is 6.30. The summed E-state index contributed by atoms with van der Waals surface area (Å²) in [6.45, 7) is 2.29. The highest BCUT2D eigenvalue weighted by atomic mass is 19.1. The van der Waals surface area contributed by atoms with Gasteiger partial charge in [-0.15, -0.1) is 0 Å². The van der Waals surface area contributed by atoms with Gasteiger partial charge >= 0.3 is 0 Å². The first-order valence-electron chi connectivity index (χ1n) is 5.41. The van der Waals surface area contributed by atoms with Gasteiger partial charge in [-0.25, -0.2) is 8.78 Å². The van der Waals surface area contributed by atoms with E-state index in [0.29, 0.717) is 6.54 Å². The zero-order valence-corrected chi connectivity index (χ0v) is 9.89. The fourth-order valence-electron chi connectivity index (χ4n) is 1.43. The molecule has 0 aromatic heterocycles. The van der Waals surface area contributed by atoms with Crippen LogP contribution in [0.4, 0.5) is 8.78 Å². The molecule has 0 saturated carbocycles. The normalized spacial score (nSPS) is 12.2. The van der Waals surface area contributed by atoms with Crippen molar-refractivity contribution >= 4 is 5.91 Å². The van der Waals surface area contributed by atoms with E-state index in [9.17, 15) is 13.6 Å². The highest BCUT2D eigenvalue weighted by molar-refractivity contribution is 5.78. The molecule has 94 valence electrons. The molecule has 0 radical (unpaired) electrons. The average molecular weight is 242 g/mol. The number of benzene rings is 1. The lowest BCUT2D eigenvalue weighted by atomic mass is 10.1. The van der Waals surface area contributed by atoms with E-state index < -0.39 is 11.6 Å². The van der Waals surface area contributed by atoms with E-state index in [1.165, 1.54) is 0 Å². The fourth-order valence-corrected chi connectivity index (χ4v) is 1.43. The highest BCUT2D eigenvalue weighted by Gasteiger charge is 2.12. The van der Waals surface area contributed by atoms with Crippen LogP contribution >= 0.6 is 0 Å². The maximum atomic E-state index is 13.2. The minimum Gasteiger partial charge on any atom is -0.352 e. The average Bonchev–Trinajstić information content (AvgIpc) is 2.30. The Hall–Kier alpha value is -1.49. The summed E-state index contributed by atoms with van der Waals surface area (Å²) in [5, 5.41) is 5.44. The van der Waals surface area contributed by atoms with Crippen LogP contribution in [0, 0.1) is 17.6 Å². The molecule has 0 heterocycles. The van der Waals surface area contributed by atoms with Crippen LogP contribution in [0.5, 0.6) is 0 Å². The quantitative estimate of drug-likeness (QED) is 0.820. The molecule has 2 N–H and O–H groups in total. The Balaban J connectivity index is 2.55. The van der Waals surface area contributed by atoms with Gasteiger partial charge in [0.25, 0.3) is 0 Å². The van der Waals surface area contributed by atoms with E-state index >= 15 is 0 Å². The number of carbonyl (C=O) groups is 1. The van der Waals surface area contributed by atoms with Crippen molar-refractivity contribution in [2.24, 2.45) is 5.92 Å². The molecular weight excluding hydrogens is 226 g/mol. The van der Waals surface area contributed by atoms with Gasteiger partial charge in [0.2, 0.25) is 5.91 Å². The van der Waals surface area contributed by atoms with E-state index in [1.54, 1.807) is 14.0 Å². The van der Waals surface area contributed by atoms with Crippen LogP contribution in [0.25, 0.3) is 0 Å². The van der Waals surface area contributed by atoms with Gasteiger partial charge in [-0.05, 0) is 25.2 Å². The van der Waals surface area contributed by atoms with Crippen molar-refractivity contribution in [1.82, 2.24) is 10.6 Å². The van der Waals surface area contributed by atoms with Crippen molar-refractivity contribution in [1.29, 1.82) is 0 Å². The van der Waals surface area contributed by atoms with Gasteiger partial charge in [0, 0.05) is 24.6 Å². The van der Waals surface area contributed by atoms with Gasteiger partial charge in [-0.1, -0.05) is 6.92 Å². The molecule has 0 spiro atoms. The lowest BCUT2D eigenvalue weighted by Crippen LogP contribution is -2.34. The molecule has 17 heavy (non-hydrogen) atoms. The Bertz CT molecular complexity index is 396. The maximum Gasteiger partial charge on any atom is 0.224 e. The van der Waals surface area contributed by atoms with Crippen LogP contribution in [0.2, 0.25) is 0 Å². The van der Waals surface area contributed by atoms with Crippen LogP contribution in [-0.4, -0.2) is 19.5 Å². The van der Waals surface area contributed by atoms with Crippen molar-refractivity contribution in [3.05, 3.63) is 35.4 Å². The molecule has 1 rings (SSSR count). The van der Waals surface area contributed by atoms with Crippen molar-refractivity contribution in [2.45, 2.75) is 13.5 Å². The molecule has 0 aliphatic carbocycles. The Morgan fingerprint density at radius 1 is 1.41 bits per heavy atom. The van der Waals surface area contributed by atoms with Crippen molar-refractivity contribution in [2.75, 3.05) is 13.6 Å². The Morgan fingerprint density at radius 3 is 2.76 bits per heavy atom. The summed E-state index contributed by atoms with van der Waals surface area (Å²) < 4.78 is 26.1. The van der Waals surface area contributed by atoms with Crippen LogP contribution < -0.4 is 10.6 Å². The van der Waals surface area contributed by atoms with E-state index in [2.05, 4.69) is 10.6 Å². The van der Waals surface area contributed by atoms with Crippen molar-refractivity contribution < 1.29 is 13.6 Å². The molecule has 0 fully saturated rings. The Labute approximate surface area is 99.2 Å². The van der Waals surface area contributed by atoms with Crippen LogP contribution in [0.3, 0.4) is 0 Å². The highest BCUT2D eigenvalue weighted by Crippen LogP contribution is 2.09. The largest absolute Gasteiger partial charge is 0.352 e. The molecular formula is C12H16F2N2O. The number of halogens is 2. The van der Waals surface area contributed by atoms with Gasteiger partial charge in [0.1, 0.15) is 11.6 Å². The van der Waals surface area contributed by atoms with Gasteiger partial charge in [-0.2, -0.15) is 0 Å². The molecule has 3 nitrogen and oxygen atoms in total. The molecule has 1 amide bonds. The summed E-state index contributed by atoms with van der Waals surface area (Å²) in [6.07, 6.45) is 0. The topological polar surface area (TPSA) is 41.1 Å². The number of hydrogen-bond acceptors (Lipinski definition) is 2. The first-order valence-corrected chi connectivity index (χ1v) is 5.41. The molecule has 0 aliphatic rings. The molecule has 1 aromatic rings. The zero-order chi connectivity index (χ0) is 12.8. The first-order chi connectivity index (χ1) is 8.04. The number of amides is 1. The van der Waals surface area contributed by atoms with E-state index in [4.69, 9.17) is 0 Å². The summed E-state index contributed by atoms with van der Waals surface area (Å²) in [4.78, 5) is 11.5. The van der Waals surface area contributed by atoms with Gasteiger partial charge < -0.3 is 10.6 Å². The van der Waals surface area contributed by atoms with Crippen molar-refractivity contribution in [3.8, 4) is 0 Å². The fraction of sp³-hybridized carbons (Fsp3) is 0.417. The third-order valence-electron chi connectivity index (χ3n) is 2.42. The summed E-state index contributed by atoms with van der Waals surface area (Å²) in [5.74, 6) is -1.44. The van der Waals surface area contributed by atoms with E-state index in [-0.39, 0.29) is 23.9 Å². The molecule has 0 aliphatic heterocycles. The number of rotatable bonds is 5. The Morgan fingerprint density at radius 2 is 2.12 bits per heavy atom. The molecule has 0 saturated heterocycles. The molecule has 1 atom stereocenters. The van der Waals surface area contributed by atoms with Crippen LogP contribution in [0.15, 0.2) is 18.2 Å². The predicted octanol–water partition coefficient (Wildman–Crippen LogP) is 1.44. The maximum absolute atomic E-state index is 13.2. The third-order valence-corrected chi connectivity index (χ3v) is 2.42. The van der Waals surface area contributed by atoms with Crippen LogP contribution in [0.1, 0.15) is 12.5 Å². The predicted molar refractivity (Wildman–Crippen MR) is 61.3 cm³/mol. The lowest BCUT2D eigenvalue weighted by molar-refractivity contribution is -0.124. The van der Waals surface area contributed by atoms with Crippen LogP contribution in [-0.2, 0) is 11.3 Å². The smallest absolute Gasteiger partial charge is 0.224 e. The number of hydrogen-bond donors (Lipinski definition) is 2.